The Morgan fingerprint density at radius 3 is 1.62 bits per heavy atom. The minimum Gasteiger partial charge on any atom is -0.496 e. The van der Waals surface area contributed by atoms with Gasteiger partial charge in [0.15, 0.2) is 11.6 Å². The third-order valence-corrected chi connectivity index (χ3v) is 6.26. The SMILES string of the molecule is COc1ccc2c3c1C(=O)CC[C@]31Oc3ccc(OC)c4c3[C@](CCC4=O)(O2)O1. The highest BCUT2D eigenvalue weighted by Gasteiger charge is 2.63. The summed E-state index contributed by atoms with van der Waals surface area (Å²) in [7, 11) is 3.06. The Morgan fingerprint density at radius 2 is 1.21 bits per heavy atom. The molecular weight excluding hydrogens is 376 g/mol. The number of hydrogen-bond donors (Lipinski definition) is 0. The maximum Gasteiger partial charge on any atom is 0.245 e. The van der Waals surface area contributed by atoms with Gasteiger partial charge in [-0.2, -0.15) is 0 Å². The molecule has 29 heavy (non-hydrogen) atoms. The summed E-state index contributed by atoms with van der Waals surface area (Å²) in [5.41, 5.74) is 2.02. The third-order valence-electron chi connectivity index (χ3n) is 6.26. The molecule has 0 saturated carbocycles. The van der Waals surface area contributed by atoms with E-state index >= 15 is 0 Å². The number of carbonyl (C=O) groups is 2. The molecular formula is C22H18O7. The Morgan fingerprint density at radius 1 is 0.759 bits per heavy atom. The molecule has 0 amide bonds. The van der Waals surface area contributed by atoms with Crippen molar-refractivity contribution in [1.29, 1.82) is 0 Å². The number of benzene rings is 2. The zero-order chi connectivity index (χ0) is 20.0. The lowest BCUT2D eigenvalue weighted by atomic mass is 9.78. The van der Waals surface area contributed by atoms with Crippen molar-refractivity contribution in [2.24, 2.45) is 0 Å². The van der Waals surface area contributed by atoms with Crippen LogP contribution < -0.4 is 18.9 Å². The predicted octanol–water partition coefficient (Wildman–Crippen LogP) is 3.46. The van der Waals surface area contributed by atoms with E-state index in [-0.39, 0.29) is 24.4 Å². The zero-order valence-electron chi connectivity index (χ0n) is 16.0. The van der Waals surface area contributed by atoms with Gasteiger partial charge in [-0.1, -0.05) is 0 Å². The second-order valence-electron chi connectivity index (χ2n) is 7.69. The third kappa shape index (κ3) is 1.91. The molecule has 2 heterocycles. The van der Waals surface area contributed by atoms with E-state index in [0.29, 0.717) is 58.1 Å². The Kier molecular flexibility index (Phi) is 3.08. The summed E-state index contributed by atoms with van der Waals surface area (Å²) >= 11 is 0. The van der Waals surface area contributed by atoms with E-state index < -0.39 is 11.6 Å². The van der Waals surface area contributed by atoms with Crippen molar-refractivity contribution in [3.63, 3.8) is 0 Å². The summed E-state index contributed by atoms with van der Waals surface area (Å²) in [5, 5.41) is 0. The van der Waals surface area contributed by atoms with E-state index in [9.17, 15) is 9.59 Å². The number of rotatable bonds is 2. The van der Waals surface area contributed by atoms with Gasteiger partial charge >= 0.3 is 0 Å². The Hall–Kier alpha value is -3.06. The molecule has 0 radical (unpaired) electrons. The average Bonchev–Trinajstić information content (AvgIpc) is 2.73. The number of hydrogen-bond acceptors (Lipinski definition) is 7. The van der Waals surface area contributed by atoms with Crippen LogP contribution in [-0.2, 0) is 16.3 Å². The van der Waals surface area contributed by atoms with Crippen molar-refractivity contribution in [2.75, 3.05) is 14.2 Å². The zero-order valence-corrected chi connectivity index (χ0v) is 16.0. The van der Waals surface area contributed by atoms with Gasteiger partial charge in [-0.15, -0.1) is 0 Å². The predicted molar refractivity (Wildman–Crippen MR) is 98.8 cm³/mol. The van der Waals surface area contributed by atoms with Crippen LogP contribution in [0.4, 0.5) is 0 Å². The summed E-state index contributed by atoms with van der Waals surface area (Å²) in [6, 6.07) is 7.01. The molecule has 7 heteroatoms. The summed E-state index contributed by atoms with van der Waals surface area (Å²) < 4.78 is 30.3. The highest BCUT2D eigenvalue weighted by Crippen LogP contribution is 2.62. The van der Waals surface area contributed by atoms with Crippen LogP contribution >= 0.6 is 0 Å². The second kappa shape index (κ2) is 5.30. The first-order chi connectivity index (χ1) is 14.0. The standard InChI is InChI=1S/C22H18O7/c1-25-13-3-5-15-19-17(13)11(23)7-9-21(19)28-16-6-4-14(26-2)18-12(24)8-10-22(27-15,29-21)20(16)18/h3-6H,7-10H2,1-2H3/t21-,22-/m1/s1. The van der Waals surface area contributed by atoms with Gasteiger partial charge < -0.3 is 18.9 Å². The fraction of sp³-hybridized carbons (Fsp3) is 0.364. The van der Waals surface area contributed by atoms with Crippen LogP contribution in [0.3, 0.4) is 0 Å². The quantitative estimate of drug-likeness (QED) is 0.772. The Balaban J connectivity index is 1.67. The van der Waals surface area contributed by atoms with Crippen LogP contribution in [-0.4, -0.2) is 25.8 Å². The van der Waals surface area contributed by atoms with Gasteiger partial charge in [-0.05, 0) is 24.3 Å². The maximum absolute atomic E-state index is 12.7. The summed E-state index contributed by atoms with van der Waals surface area (Å²) in [4.78, 5) is 25.5. The van der Waals surface area contributed by atoms with Gasteiger partial charge in [0.05, 0.1) is 36.5 Å². The second-order valence-corrected chi connectivity index (χ2v) is 7.69. The highest BCUT2D eigenvalue weighted by atomic mass is 16.8. The molecule has 0 unspecified atom stereocenters. The van der Waals surface area contributed by atoms with Gasteiger partial charge in [0.1, 0.15) is 23.0 Å². The van der Waals surface area contributed by atoms with Gasteiger partial charge in [-0.3, -0.25) is 14.3 Å². The lowest BCUT2D eigenvalue weighted by Crippen LogP contribution is -2.58. The van der Waals surface area contributed by atoms with Crippen molar-refractivity contribution in [2.45, 2.75) is 37.3 Å². The number of methoxy groups -OCH3 is 2. The smallest absolute Gasteiger partial charge is 0.245 e. The van der Waals surface area contributed by atoms with Crippen LogP contribution in [0.15, 0.2) is 24.3 Å². The van der Waals surface area contributed by atoms with Gasteiger partial charge in [0.2, 0.25) is 11.6 Å². The van der Waals surface area contributed by atoms with Crippen LogP contribution in [0, 0.1) is 0 Å². The number of Topliss-reactive ketones (excluding diaryl/α,β-unsaturated/α-hetero) is 2. The summed E-state index contributed by atoms with van der Waals surface area (Å²) in [6.07, 6.45) is 1.25. The Labute approximate surface area is 166 Å². The lowest BCUT2D eigenvalue weighted by Gasteiger charge is -2.55. The van der Waals surface area contributed by atoms with E-state index in [0.717, 1.165) is 0 Å². The molecule has 2 bridgehead atoms. The molecule has 0 fully saturated rings. The first kappa shape index (κ1) is 16.9. The molecule has 6 rings (SSSR count). The van der Waals surface area contributed by atoms with E-state index in [2.05, 4.69) is 0 Å². The fourth-order valence-electron chi connectivity index (χ4n) is 5.08. The van der Waals surface area contributed by atoms with Gasteiger partial charge in [0, 0.05) is 25.7 Å². The van der Waals surface area contributed by atoms with E-state index in [4.69, 9.17) is 23.7 Å². The molecule has 2 atom stereocenters. The van der Waals surface area contributed by atoms with Crippen LogP contribution in [0.1, 0.15) is 57.5 Å². The van der Waals surface area contributed by atoms with Gasteiger partial charge in [0.25, 0.3) is 0 Å². The molecule has 4 aliphatic rings. The molecule has 2 aromatic rings. The number of carbonyl (C=O) groups excluding carboxylic acids is 2. The summed E-state index contributed by atoms with van der Waals surface area (Å²) in [5.74, 6) is -0.399. The van der Waals surface area contributed by atoms with Crippen molar-refractivity contribution >= 4 is 11.6 Å². The highest BCUT2D eigenvalue weighted by molar-refractivity contribution is 6.04. The van der Waals surface area contributed by atoms with Crippen molar-refractivity contribution in [3.05, 3.63) is 46.5 Å². The van der Waals surface area contributed by atoms with E-state index in [1.54, 1.807) is 24.3 Å². The fourth-order valence-corrected chi connectivity index (χ4v) is 5.08. The normalized spacial score (nSPS) is 27.9. The average molecular weight is 394 g/mol. The molecule has 2 aliphatic heterocycles. The summed E-state index contributed by atoms with van der Waals surface area (Å²) in [6.45, 7) is 0. The first-order valence-corrected chi connectivity index (χ1v) is 9.59. The maximum atomic E-state index is 12.7. The number of ether oxygens (including phenoxy) is 5. The van der Waals surface area contributed by atoms with Crippen LogP contribution in [0.2, 0.25) is 0 Å². The van der Waals surface area contributed by atoms with Crippen molar-refractivity contribution < 1.29 is 33.3 Å². The van der Waals surface area contributed by atoms with Crippen LogP contribution in [0.5, 0.6) is 23.0 Å². The molecule has 2 aliphatic carbocycles. The molecule has 2 aromatic carbocycles. The van der Waals surface area contributed by atoms with Crippen LogP contribution in [0.25, 0.3) is 0 Å². The topological polar surface area (TPSA) is 80.3 Å². The van der Waals surface area contributed by atoms with E-state index in [1.807, 2.05) is 0 Å². The first-order valence-electron chi connectivity index (χ1n) is 9.59. The molecule has 148 valence electrons. The lowest BCUT2D eigenvalue weighted by molar-refractivity contribution is -0.363. The van der Waals surface area contributed by atoms with E-state index in [1.165, 1.54) is 14.2 Å². The molecule has 2 spiro atoms. The monoisotopic (exact) mass is 394 g/mol. The van der Waals surface area contributed by atoms with Crippen molar-refractivity contribution in [1.82, 2.24) is 0 Å². The number of ketones is 2. The van der Waals surface area contributed by atoms with Gasteiger partial charge in [-0.25, -0.2) is 0 Å². The minimum absolute atomic E-state index is 0.0314. The minimum atomic E-state index is -1.16. The Bertz CT molecular complexity index is 1030. The van der Waals surface area contributed by atoms with Crippen molar-refractivity contribution in [3.8, 4) is 23.0 Å². The molecule has 7 nitrogen and oxygen atoms in total. The molecule has 0 N–H and O–H groups in total. The molecule has 0 aromatic heterocycles. The largest absolute Gasteiger partial charge is 0.496 e. The molecule has 0 saturated heterocycles.